The first kappa shape index (κ1) is 14.8. The summed E-state index contributed by atoms with van der Waals surface area (Å²) in [5.41, 5.74) is 0. The van der Waals surface area contributed by atoms with Crippen LogP contribution in [0.5, 0.6) is 0 Å². The second-order valence-corrected chi connectivity index (χ2v) is 6.12. The highest BCUT2D eigenvalue weighted by Gasteiger charge is 2.20. The average Bonchev–Trinajstić information content (AvgIpc) is 2.47. The lowest BCUT2D eigenvalue weighted by molar-refractivity contribution is -0.122. The van der Waals surface area contributed by atoms with Crippen LogP contribution in [0.3, 0.4) is 0 Å². The van der Waals surface area contributed by atoms with Gasteiger partial charge in [0.2, 0.25) is 5.91 Å². The molecule has 4 heteroatoms. The van der Waals surface area contributed by atoms with Gasteiger partial charge in [-0.15, -0.1) is 0 Å². The van der Waals surface area contributed by atoms with Crippen molar-refractivity contribution < 1.29 is 9.90 Å². The molecule has 1 heterocycles. The van der Waals surface area contributed by atoms with E-state index in [1.807, 2.05) is 0 Å². The van der Waals surface area contributed by atoms with Crippen LogP contribution in [-0.4, -0.2) is 48.2 Å². The van der Waals surface area contributed by atoms with E-state index in [0.29, 0.717) is 25.0 Å². The summed E-state index contributed by atoms with van der Waals surface area (Å²) in [7, 11) is 0. The summed E-state index contributed by atoms with van der Waals surface area (Å²) in [5.74, 6) is 0.698. The number of hydrogen-bond acceptors (Lipinski definition) is 3. The van der Waals surface area contributed by atoms with Crippen molar-refractivity contribution in [2.75, 3.05) is 26.2 Å². The number of aliphatic hydroxyl groups is 1. The van der Waals surface area contributed by atoms with Crippen molar-refractivity contribution >= 4 is 5.91 Å². The molecule has 0 aromatic carbocycles. The van der Waals surface area contributed by atoms with Gasteiger partial charge in [0, 0.05) is 25.6 Å². The fourth-order valence-corrected chi connectivity index (χ4v) is 3.20. The molecule has 1 saturated carbocycles. The maximum absolute atomic E-state index is 11.9. The smallest absolute Gasteiger partial charge is 0.221 e. The van der Waals surface area contributed by atoms with Crippen LogP contribution >= 0.6 is 0 Å². The minimum atomic E-state index is 0.219. The Morgan fingerprint density at radius 2 is 1.79 bits per heavy atom. The van der Waals surface area contributed by atoms with Crippen molar-refractivity contribution in [1.82, 2.24) is 10.2 Å². The fraction of sp³-hybridized carbons (Fsp3) is 0.933. The molecule has 0 aromatic heterocycles. The molecule has 2 rings (SSSR count). The minimum absolute atomic E-state index is 0.219. The molecule has 1 aliphatic carbocycles. The summed E-state index contributed by atoms with van der Waals surface area (Å²) in [6, 6.07) is 0.432. The van der Waals surface area contributed by atoms with Gasteiger partial charge in [0.25, 0.3) is 0 Å². The summed E-state index contributed by atoms with van der Waals surface area (Å²) >= 11 is 0. The number of amides is 1. The lowest BCUT2D eigenvalue weighted by atomic mass is 9.95. The molecule has 2 fully saturated rings. The minimum Gasteiger partial charge on any atom is -0.396 e. The number of aliphatic hydroxyl groups excluding tert-OH is 1. The first-order valence-electron chi connectivity index (χ1n) is 7.90. The van der Waals surface area contributed by atoms with E-state index in [4.69, 9.17) is 5.11 Å². The summed E-state index contributed by atoms with van der Waals surface area (Å²) in [6.45, 7) is 3.25. The molecule has 0 atom stereocenters. The van der Waals surface area contributed by atoms with Crippen LogP contribution in [0, 0.1) is 5.92 Å². The van der Waals surface area contributed by atoms with Gasteiger partial charge in [-0.2, -0.15) is 0 Å². The summed E-state index contributed by atoms with van der Waals surface area (Å²) in [5, 5.41) is 12.3. The van der Waals surface area contributed by atoms with Crippen molar-refractivity contribution in [2.45, 2.75) is 57.4 Å². The van der Waals surface area contributed by atoms with Gasteiger partial charge in [0.1, 0.15) is 0 Å². The molecule has 110 valence electrons. The zero-order chi connectivity index (χ0) is 13.5. The van der Waals surface area contributed by atoms with Gasteiger partial charge in [0.05, 0.1) is 0 Å². The first-order chi connectivity index (χ1) is 9.28. The van der Waals surface area contributed by atoms with Gasteiger partial charge in [-0.3, -0.25) is 4.79 Å². The highest BCUT2D eigenvalue weighted by atomic mass is 16.3. The normalized spacial score (nSPS) is 23.4. The van der Waals surface area contributed by atoms with Gasteiger partial charge in [-0.05, 0) is 44.7 Å². The van der Waals surface area contributed by atoms with Gasteiger partial charge in [-0.25, -0.2) is 0 Å². The second-order valence-electron chi connectivity index (χ2n) is 6.12. The van der Waals surface area contributed by atoms with Crippen LogP contribution in [0.1, 0.15) is 51.4 Å². The van der Waals surface area contributed by atoms with E-state index in [9.17, 15) is 4.79 Å². The Hall–Kier alpha value is -0.610. The number of rotatable bonds is 5. The van der Waals surface area contributed by atoms with E-state index in [0.717, 1.165) is 45.3 Å². The molecule has 0 aromatic rings. The zero-order valence-electron chi connectivity index (χ0n) is 11.9. The molecule has 1 aliphatic heterocycles. The summed E-state index contributed by atoms with van der Waals surface area (Å²) < 4.78 is 0. The Balaban J connectivity index is 1.58. The molecule has 2 N–H and O–H groups in total. The molecule has 0 unspecified atom stereocenters. The van der Waals surface area contributed by atoms with Crippen LogP contribution < -0.4 is 5.32 Å². The van der Waals surface area contributed by atoms with E-state index in [-0.39, 0.29) is 5.91 Å². The Kier molecular flexibility index (Phi) is 6.11. The fourth-order valence-electron chi connectivity index (χ4n) is 3.20. The maximum atomic E-state index is 11.9. The molecule has 1 amide bonds. The summed E-state index contributed by atoms with van der Waals surface area (Å²) in [6.07, 6.45) is 8.94. The third-order valence-corrected chi connectivity index (χ3v) is 4.59. The van der Waals surface area contributed by atoms with Crippen molar-refractivity contribution in [3.63, 3.8) is 0 Å². The number of hydrogen-bond donors (Lipinski definition) is 2. The number of nitrogens with zero attached hydrogens (tertiary/aromatic N) is 1. The average molecular weight is 268 g/mol. The topological polar surface area (TPSA) is 52.6 Å². The van der Waals surface area contributed by atoms with Crippen molar-refractivity contribution in [3.8, 4) is 0 Å². The highest BCUT2D eigenvalue weighted by molar-refractivity contribution is 5.76. The molecule has 4 nitrogen and oxygen atoms in total. The molecule has 0 radical (unpaired) electrons. The Morgan fingerprint density at radius 1 is 1.11 bits per heavy atom. The molecule has 0 bridgehead atoms. The monoisotopic (exact) mass is 268 g/mol. The lowest BCUT2D eigenvalue weighted by Crippen LogP contribution is -2.40. The van der Waals surface area contributed by atoms with E-state index in [1.165, 1.54) is 19.3 Å². The SMILES string of the molecule is O=C(CCN1CCC(CO)CC1)NC1CCCCC1. The molecule has 0 spiro atoms. The number of nitrogens with one attached hydrogen (secondary N) is 1. The van der Waals surface area contributed by atoms with Gasteiger partial charge >= 0.3 is 0 Å². The number of likely N-dealkylation sites (tertiary alicyclic amines) is 1. The molecule has 19 heavy (non-hydrogen) atoms. The third-order valence-electron chi connectivity index (χ3n) is 4.59. The lowest BCUT2D eigenvalue weighted by Gasteiger charge is -2.31. The number of carbonyl (C=O) groups is 1. The molecule has 2 aliphatic rings. The number of carbonyl (C=O) groups excluding carboxylic acids is 1. The van der Waals surface area contributed by atoms with Gasteiger partial charge in [-0.1, -0.05) is 19.3 Å². The molecular formula is C15H28N2O2. The molecule has 1 saturated heterocycles. The third kappa shape index (κ3) is 5.11. The van der Waals surface area contributed by atoms with Crippen molar-refractivity contribution in [1.29, 1.82) is 0 Å². The van der Waals surface area contributed by atoms with Crippen molar-refractivity contribution in [2.24, 2.45) is 5.92 Å². The predicted molar refractivity (Wildman–Crippen MR) is 75.9 cm³/mol. The highest BCUT2D eigenvalue weighted by Crippen LogP contribution is 2.18. The Labute approximate surface area is 116 Å². The standard InChI is InChI=1S/C15H28N2O2/c18-12-13-6-9-17(10-7-13)11-8-15(19)16-14-4-2-1-3-5-14/h13-14,18H,1-12H2,(H,16,19). The van der Waals surface area contributed by atoms with Crippen LogP contribution in [0.4, 0.5) is 0 Å². The van der Waals surface area contributed by atoms with E-state index in [2.05, 4.69) is 10.2 Å². The Bertz CT molecular complexity index is 269. The number of piperidine rings is 1. The van der Waals surface area contributed by atoms with E-state index in [1.54, 1.807) is 0 Å². The van der Waals surface area contributed by atoms with Crippen LogP contribution in [0.25, 0.3) is 0 Å². The Morgan fingerprint density at radius 3 is 2.42 bits per heavy atom. The van der Waals surface area contributed by atoms with Crippen molar-refractivity contribution in [3.05, 3.63) is 0 Å². The van der Waals surface area contributed by atoms with Gasteiger partial charge < -0.3 is 15.3 Å². The quantitative estimate of drug-likeness (QED) is 0.795. The van der Waals surface area contributed by atoms with Crippen LogP contribution in [0.2, 0.25) is 0 Å². The maximum Gasteiger partial charge on any atom is 0.221 e. The predicted octanol–water partition coefficient (Wildman–Crippen LogP) is 1.53. The second kappa shape index (κ2) is 7.85. The zero-order valence-corrected chi connectivity index (χ0v) is 11.9. The van der Waals surface area contributed by atoms with Crippen LogP contribution in [0.15, 0.2) is 0 Å². The van der Waals surface area contributed by atoms with E-state index < -0.39 is 0 Å². The van der Waals surface area contributed by atoms with E-state index >= 15 is 0 Å². The molecular weight excluding hydrogens is 240 g/mol. The van der Waals surface area contributed by atoms with Crippen LogP contribution in [-0.2, 0) is 4.79 Å². The van der Waals surface area contributed by atoms with Gasteiger partial charge in [0.15, 0.2) is 0 Å². The first-order valence-corrected chi connectivity index (χ1v) is 7.90. The largest absolute Gasteiger partial charge is 0.396 e. The summed E-state index contributed by atoms with van der Waals surface area (Å²) in [4.78, 5) is 14.3.